The van der Waals surface area contributed by atoms with Gasteiger partial charge in [0, 0.05) is 12.7 Å². The van der Waals surface area contributed by atoms with Crippen molar-refractivity contribution in [2.75, 3.05) is 5.73 Å². The molecule has 0 saturated heterocycles. The summed E-state index contributed by atoms with van der Waals surface area (Å²) >= 11 is 0. The first-order valence-electron chi connectivity index (χ1n) is 6.05. The van der Waals surface area contributed by atoms with E-state index < -0.39 is 8.07 Å². The fourth-order valence-electron chi connectivity index (χ4n) is 1.74. The van der Waals surface area contributed by atoms with Gasteiger partial charge >= 0.3 is 0 Å². The number of aromatic nitrogens is 3. The predicted molar refractivity (Wildman–Crippen MR) is 77.8 cm³/mol. The van der Waals surface area contributed by atoms with Crippen LogP contribution in [0.1, 0.15) is 12.5 Å². The van der Waals surface area contributed by atoms with Crippen molar-refractivity contribution >= 4 is 24.9 Å². The molecule has 2 heterocycles. The van der Waals surface area contributed by atoms with Gasteiger partial charge in [-0.3, -0.25) is 0 Å². The quantitative estimate of drug-likeness (QED) is 0.630. The highest BCUT2D eigenvalue weighted by Gasteiger charge is 2.12. The lowest BCUT2D eigenvalue weighted by Gasteiger charge is -2.03. The molecule has 18 heavy (non-hydrogen) atoms. The van der Waals surface area contributed by atoms with Gasteiger partial charge in [-0.15, -0.1) is 5.54 Å². The number of hydrogen-bond donors (Lipinski definition) is 1. The smallest absolute Gasteiger partial charge is 0.146 e. The Balaban J connectivity index is 2.67. The van der Waals surface area contributed by atoms with Gasteiger partial charge < -0.3 is 10.3 Å². The Labute approximate surface area is 108 Å². The lowest BCUT2D eigenvalue weighted by molar-refractivity contribution is 0.786. The third-order valence-corrected chi connectivity index (χ3v) is 3.47. The molecule has 0 saturated carbocycles. The number of nitrogens with zero attached hydrogens (tertiary/aromatic N) is 3. The van der Waals surface area contributed by atoms with Gasteiger partial charge in [0.15, 0.2) is 0 Å². The Hall–Kier alpha value is -1.80. The molecule has 0 aromatic carbocycles. The fourth-order valence-corrected chi connectivity index (χ4v) is 2.25. The number of anilines is 1. The maximum absolute atomic E-state index is 5.94. The second kappa shape index (κ2) is 4.46. The van der Waals surface area contributed by atoms with Gasteiger partial charge in [0.25, 0.3) is 0 Å². The first-order valence-corrected chi connectivity index (χ1v) is 9.55. The highest BCUT2D eigenvalue weighted by atomic mass is 28.3. The number of fused-ring (bicyclic) bond motifs is 1. The van der Waals surface area contributed by atoms with Crippen molar-refractivity contribution in [3.05, 3.63) is 18.1 Å². The summed E-state index contributed by atoms with van der Waals surface area (Å²) in [5.41, 5.74) is 11.1. The molecule has 0 fully saturated rings. The minimum atomic E-state index is -1.40. The van der Waals surface area contributed by atoms with Gasteiger partial charge in [0.2, 0.25) is 0 Å². The molecule has 0 unspecified atom stereocenters. The van der Waals surface area contributed by atoms with Crippen LogP contribution in [0.5, 0.6) is 0 Å². The monoisotopic (exact) mass is 258 g/mol. The summed E-state index contributed by atoms with van der Waals surface area (Å²) in [7, 11) is -1.40. The van der Waals surface area contributed by atoms with Crippen LogP contribution in [0.2, 0.25) is 19.6 Å². The molecular formula is C13H18N4Si. The minimum absolute atomic E-state index is 0.507. The van der Waals surface area contributed by atoms with Crippen LogP contribution in [-0.4, -0.2) is 22.6 Å². The summed E-state index contributed by atoms with van der Waals surface area (Å²) in [6.07, 6.45) is 3.52. The van der Waals surface area contributed by atoms with Crippen molar-refractivity contribution in [2.24, 2.45) is 0 Å². The molecule has 2 rings (SSSR count). The first-order chi connectivity index (χ1) is 8.42. The predicted octanol–water partition coefficient (Wildman–Crippen LogP) is 2.26. The highest BCUT2D eigenvalue weighted by Crippen LogP contribution is 2.23. The summed E-state index contributed by atoms with van der Waals surface area (Å²) in [6, 6.07) is 0. The number of hydrogen-bond acceptors (Lipinski definition) is 3. The Bertz CT molecular complexity index is 641. The Morgan fingerprint density at radius 3 is 2.67 bits per heavy atom. The fraction of sp³-hybridized carbons (Fsp3) is 0.385. The normalized spacial score (nSPS) is 11.3. The van der Waals surface area contributed by atoms with Crippen molar-refractivity contribution in [1.29, 1.82) is 0 Å². The van der Waals surface area contributed by atoms with Crippen molar-refractivity contribution in [1.82, 2.24) is 14.5 Å². The zero-order valence-corrected chi connectivity index (χ0v) is 12.3. The SMILES string of the molecule is CCn1cc(C#C[Si](C)(C)C)c2c(N)ncnc21. The van der Waals surface area contributed by atoms with Crippen molar-refractivity contribution in [2.45, 2.75) is 33.1 Å². The van der Waals surface area contributed by atoms with E-state index >= 15 is 0 Å². The zero-order valence-electron chi connectivity index (χ0n) is 11.3. The molecule has 0 amide bonds. The van der Waals surface area contributed by atoms with Crippen LogP contribution in [0.3, 0.4) is 0 Å². The summed E-state index contributed by atoms with van der Waals surface area (Å²) in [4.78, 5) is 8.35. The third kappa shape index (κ3) is 2.39. The van der Waals surface area contributed by atoms with E-state index in [4.69, 9.17) is 5.73 Å². The largest absolute Gasteiger partial charge is 0.383 e. The molecule has 2 N–H and O–H groups in total. The summed E-state index contributed by atoms with van der Waals surface area (Å²) in [5.74, 6) is 3.76. The number of nitrogen functional groups attached to an aromatic ring is 1. The van der Waals surface area contributed by atoms with Crippen molar-refractivity contribution in [3.63, 3.8) is 0 Å². The molecule has 0 aliphatic heterocycles. The maximum atomic E-state index is 5.94. The van der Waals surface area contributed by atoms with E-state index in [1.165, 1.54) is 6.33 Å². The summed E-state index contributed by atoms with van der Waals surface area (Å²) < 4.78 is 2.06. The van der Waals surface area contributed by atoms with E-state index in [2.05, 4.69) is 52.6 Å². The molecular weight excluding hydrogens is 240 g/mol. The van der Waals surface area contributed by atoms with Crippen molar-refractivity contribution in [3.8, 4) is 11.5 Å². The Morgan fingerprint density at radius 2 is 2.06 bits per heavy atom. The molecule has 2 aromatic rings. The molecule has 0 bridgehead atoms. The lowest BCUT2D eigenvalue weighted by atomic mass is 10.2. The second-order valence-electron chi connectivity index (χ2n) is 5.29. The summed E-state index contributed by atoms with van der Waals surface area (Å²) in [6.45, 7) is 9.59. The van der Waals surface area contributed by atoms with Crippen LogP contribution in [0, 0.1) is 11.5 Å². The van der Waals surface area contributed by atoms with E-state index in [9.17, 15) is 0 Å². The average Bonchev–Trinajstić information content (AvgIpc) is 2.65. The van der Waals surface area contributed by atoms with Gasteiger partial charge in [0.1, 0.15) is 25.9 Å². The summed E-state index contributed by atoms with van der Waals surface area (Å²) in [5, 5.41) is 0.880. The van der Waals surface area contributed by atoms with Gasteiger partial charge in [-0.25, -0.2) is 9.97 Å². The van der Waals surface area contributed by atoms with E-state index in [0.29, 0.717) is 5.82 Å². The van der Waals surface area contributed by atoms with Crippen LogP contribution < -0.4 is 5.73 Å². The minimum Gasteiger partial charge on any atom is -0.383 e. The second-order valence-corrected chi connectivity index (χ2v) is 10.0. The molecule has 94 valence electrons. The van der Waals surface area contributed by atoms with Gasteiger partial charge in [-0.05, 0) is 6.92 Å². The first kappa shape index (κ1) is 12.6. The van der Waals surface area contributed by atoms with Crippen molar-refractivity contribution < 1.29 is 0 Å². The molecule has 0 atom stereocenters. The highest BCUT2D eigenvalue weighted by molar-refractivity contribution is 6.83. The van der Waals surface area contributed by atoms with Crippen LogP contribution in [-0.2, 0) is 6.54 Å². The van der Waals surface area contributed by atoms with E-state index in [1.54, 1.807) is 0 Å². The van der Waals surface area contributed by atoms with Crippen LogP contribution in [0.4, 0.5) is 5.82 Å². The van der Waals surface area contributed by atoms with E-state index in [0.717, 1.165) is 23.1 Å². The van der Waals surface area contributed by atoms with Gasteiger partial charge in [-0.2, -0.15) is 0 Å². The third-order valence-electron chi connectivity index (χ3n) is 2.60. The number of nitrogens with two attached hydrogens (primary N) is 1. The maximum Gasteiger partial charge on any atom is 0.146 e. The van der Waals surface area contributed by atoms with Crippen LogP contribution >= 0.6 is 0 Å². The molecule has 0 aliphatic rings. The Kier molecular flexibility index (Phi) is 3.14. The van der Waals surface area contributed by atoms with E-state index in [1.807, 2.05) is 6.20 Å². The standard InChI is InChI=1S/C13H18N4Si/c1-5-17-8-10(6-7-18(2,3)4)11-12(14)15-9-16-13(11)17/h8-9H,5H2,1-4H3,(H2,14,15,16). The molecule has 0 spiro atoms. The number of rotatable bonds is 1. The van der Waals surface area contributed by atoms with Crippen LogP contribution in [0.15, 0.2) is 12.5 Å². The topological polar surface area (TPSA) is 56.7 Å². The average molecular weight is 258 g/mol. The number of aryl methyl sites for hydroxylation is 1. The van der Waals surface area contributed by atoms with E-state index in [-0.39, 0.29) is 0 Å². The molecule has 5 heteroatoms. The Morgan fingerprint density at radius 1 is 1.33 bits per heavy atom. The van der Waals surface area contributed by atoms with Gasteiger partial charge in [-0.1, -0.05) is 25.6 Å². The van der Waals surface area contributed by atoms with Crippen LogP contribution in [0.25, 0.3) is 11.0 Å². The van der Waals surface area contributed by atoms with Gasteiger partial charge in [0.05, 0.1) is 10.9 Å². The molecule has 0 aliphatic carbocycles. The zero-order chi connectivity index (χ0) is 13.3. The molecule has 2 aromatic heterocycles. The molecule has 4 nitrogen and oxygen atoms in total. The lowest BCUT2D eigenvalue weighted by Crippen LogP contribution is -2.16. The molecule has 0 radical (unpaired) electrons.